The van der Waals surface area contributed by atoms with Crippen LogP contribution in [0.25, 0.3) is 16.9 Å². The van der Waals surface area contributed by atoms with Crippen molar-refractivity contribution in [2.24, 2.45) is 5.10 Å². The van der Waals surface area contributed by atoms with Gasteiger partial charge in [-0.1, -0.05) is 30.3 Å². The zero-order valence-electron chi connectivity index (χ0n) is 20.2. The van der Waals surface area contributed by atoms with Gasteiger partial charge in [0, 0.05) is 23.7 Å². The van der Waals surface area contributed by atoms with Crippen LogP contribution < -0.4 is 9.47 Å². The number of hydrazone groups is 1. The van der Waals surface area contributed by atoms with Crippen LogP contribution in [-0.4, -0.2) is 48.8 Å². The van der Waals surface area contributed by atoms with Gasteiger partial charge in [-0.3, -0.25) is 0 Å². The quantitative estimate of drug-likeness (QED) is 0.367. The van der Waals surface area contributed by atoms with E-state index >= 15 is 0 Å². The molecule has 36 heavy (non-hydrogen) atoms. The first-order valence-electron chi connectivity index (χ1n) is 11.4. The van der Waals surface area contributed by atoms with Crippen molar-refractivity contribution in [2.75, 3.05) is 20.5 Å². The Bertz CT molecular complexity index is 1510. The summed E-state index contributed by atoms with van der Waals surface area (Å²) >= 11 is 0. The second-order valence-electron chi connectivity index (χ2n) is 8.44. The zero-order valence-corrected chi connectivity index (χ0v) is 21.0. The first-order chi connectivity index (χ1) is 17.4. The minimum atomic E-state index is -3.67. The van der Waals surface area contributed by atoms with Crippen LogP contribution in [-0.2, 0) is 10.0 Å². The van der Waals surface area contributed by atoms with E-state index in [-0.39, 0.29) is 0 Å². The second-order valence-corrected chi connectivity index (χ2v) is 10.3. The van der Waals surface area contributed by atoms with Gasteiger partial charge >= 0.3 is 0 Å². The number of nitrogens with zero attached hydrogens (tertiary/aromatic N) is 4. The van der Waals surface area contributed by atoms with Crippen molar-refractivity contribution in [1.29, 1.82) is 0 Å². The van der Waals surface area contributed by atoms with E-state index in [9.17, 15) is 8.42 Å². The van der Waals surface area contributed by atoms with Crippen LogP contribution in [0.15, 0.2) is 90.2 Å². The Morgan fingerprint density at radius 3 is 2.25 bits per heavy atom. The van der Waals surface area contributed by atoms with Crippen LogP contribution in [0.4, 0.5) is 0 Å². The average molecular weight is 503 g/mol. The summed E-state index contributed by atoms with van der Waals surface area (Å²) in [5.41, 5.74) is 4.52. The summed E-state index contributed by atoms with van der Waals surface area (Å²) in [5.74, 6) is 1.37. The van der Waals surface area contributed by atoms with E-state index in [1.165, 1.54) is 10.7 Å². The number of methoxy groups -OCH3 is 2. The smallest absolute Gasteiger partial charge is 0.247 e. The Kier molecular flexibility index (Phi) is 6.24. The van der Waals surface area contributed by atoms with E-state index in [1.807, 2.05) is 85.1 Å². The molecule has 0 spiro atoms. The molecular weight excluding hydrogens is 476 g/mol. The molecule has 2 heterocycles. The SMILES string of the molecule is COc1ccc(C2=NN(S(C)(=O)=O)[C@H](c3cn(-c4ccccc4)nc3-c3ccccc3OC)C2)cc1. The molecule has 0 amide bonds. The molecule has 8 nitrogen and oxygen atoms in total. The van der Waals surface area contributed by atoms with E-state index in [4.69, 9.17) is 14.6 Å². The lowest BCUT2D eigenvalue weighted by atomic mass is 9.97. The normalized spacial score (nSPS) is 15.6. The number of benzene rings is 3. The van der Waals surface area contributed by atoms with E-state index in [2.05, 4.69) is 5.10 Å². The van der Waals surface area contributed by atoms with Crippen molar-refractivity contribution in [3.05, 3.63) is 96.2 Å². The Balaban J connectivity index is 1.65. The largest absolute Gasteiger partial charge is 0.497 e. The third-order valence-corrected chi connectivity index (χ3v) is 7.14. The van der Waals surface area contributed by atoms with Crippen molar-refractivity contribution in [3.8, 4) is 28.4 Å². The molecule has 184 valence electrons. The highest BCUT2D eigenvalue weighted by atomic mass is 32.2. The minimum absolute atomic E-state index is 0.391. The third kappa shape index (κ3) is 4.45. The summed E-state index contributed by atoms with van der Waals surface area (Å²) in [7, 11) is -0.459. The van der Waals surface area contributed by atoms with Crippen molar-refractivity contribution in [2.45, 2.75) is 12.5 Å². The standard InChI is InChI=1S/C27H26N4O4S/c1-34-21-15-13-19(14-16-21)24-17-25(31(28-24)36(3,32)33)23-18-30(20-9-5-4-6-10-20)29-27(23)22-11-7-8-12-26(22)35-2/h4-16,18,25H,17H2,1-3H3/t25-/m0/s1. The highest BCUT2D eigenvalue weighted by Gasteiger charge is 2.37. The third-order valence-electron chi connectivity index (χ3n) is 6.12. The maximum Gasteiger partial charge on any atom is 0.247 e. The highest BCUT2D eigenvalue weighted by molar-refractivity contribution is 7.88. The predicted molar refractivity (Wildman–Crippen MR) is 139 cm³/mol. The Morgan fingerprint density at radius 1 is 0.889 bits per heavy atom. The summed E-state index contributed by atoms with van der Waals surface area (Å²) in [4.78, 5) is 0. The number of sulfonamides is 1. The molecular formula is C27H26N4O4S. The first-order valence-corrected chi connectivity index (χ1v) is 13.2. The van der Waals surface area contributed by atoms with Crippen molar-refractivity contribution in [3.63, 3.8) is 0 Å². The molecule has 0 aliphatic carbocycles. The van der Waals surface area contributed by atoms with Gasteiger partial charge in [0.1, 0.15) is 17.2 Å². The van der Waals surface area contributed by atoms with Crippen LogP contribution in [0.5, 0.6) is 11.5 Å². The van der Waals surface area contributed by atoms with Crippen LogP contribution >= 0.6 is 0 Å². The summed E-state index contributed by atoms with van der Waals surface area (Å²) < 4.78 is 39.6. The molecule has 1 aliphatic heterocycles. The van der Waals surface area contributed by atoms with E-state index in [0.29, 0.717) is 23.6 Å². The zero-order chi connectivity index (χ0) is 25.3. The van der Waals surface area contributed by atoms with Crippen LogP contribution in [0, 0.1) is 0 Å². The average Bonchev–Trinajstić information content (AvgIpc) is 3.54. The van der Waals surface area contributed by atoms with Crippen LogP contribution in [0.3, 0.4) is 0 Å². The van der Waals surface area contributed by atoms with Gasteiger partial charge in [-0.25, -0.2) is 13.1 Å². The minimum Gasteiger partial charge on any atom is -0.497 e. The molecule has 0 N–H and O–H groups in total. The maximum absolute atomic E-state index is 12.9. The molecule has 3 aromatic carbocycles. The fraction of sp³-hybridized carbons (Fsp3) is 0.185. The molecule has 0 saturated heterocycles. The van der Waals surface area contributed by atoms with E-state index in [0.717, 1.165) is 28.1 Å². The fourth-order valence-electron chi connectivity index (χ4n) is 4.38. The van der Waals surface area contributed by atoms with Gasteiger partial charge in [0.25, 0.3) is 0 Å². The van der Waals surface area contributed by atoms with Gasteiger partial charge in [0.15, 0.2) is 0 Å². The number of para-hydroxylation sites is 2. The molecule has 1 atom stereocenters. The molecule has 5 rings (SSSR count). The van der Waals surface area contributed by atoms with Gasteiger partial charge in [-0.05, 0) is 54.1 Å². The summed E-state index contributed by atoms with van der Waals surface area (Å²) in [6, 6.07) is 24.2. The number of rotatable bonds is 7. The number of hydrogen-bond donors (Lipinski definition) is 0. The number of hydrogen-bond acceptors (Lipinski definition) is 6. The summed E-state index contributed by atoms with van der Waals surface area (Å²) in [5, 5.41) is 9.44. The first kappa shape index (κ1) is 23.6. The van der Waals surface area contributed by atoms with Gasteiger partial charge in [-0.2, -0.15) is 14.6 Å². The lowest BCUT2D eigenvalue weighted by molar-refractivity contribution is 0.375. The topological polar surface area (TPSA) is 86.0 Å². The predicted octanol–water partition coefficient (Wildman–Crippen LogP) is 4.67. The molecule has 0 fully saturated rings. The number of ether oxygens (including phenoxy) is 2. The Morgan fingerprint density at radius 2 is 1.58 bits per heavy atom. The van der Waals surface area contributed by atoms with E-state index < -0.39 is 16.1 Å². The summed E-state index contributed by atoms with van der Waals surface area (Å²) in [6.45, 7) is 0. The Hall–Kier alpha value is -4.11. The van der Waals surface area contributed by atoms with Crippen LogP contribution in [0.2, 0.25) is 0 Å². The second kappa shape index (κ2) is 9.50. The molecule has 0 radical (unpaired) electrons. The lowest BCUT2D eigenvalue weighted by Gasteiger charge is -2.21. The van der Waals surface area contributed by atoms with Gasteiger partial charge in [0.05, 0.1) is 37.9 Å². The molecule has 0 bridgehead atoms. The molecule has 0 saturated carbocycles. The highest BCUT2D eigenvalue weighted by Crippen LogP contribution is 2.41. The van der Waals surface area contributed by atoms with Crippen LogP contribution in [0.1, 0.15) is 23.6 Å². The maximum atomic E-state index is 12.9. The van der Waals surface area contributed by atoms with Gasteiger partial charge in [0.2, 0.25) is 10.0 Å². The Labute approximate surface area is 210 Å². The number of aromatic nitrogens is 2. The molecule has 1 aromatic heterocycles. The van der Waals surface area contributed by atoms with Gasteiger partial charge < -0.3 is 9.47 Å². The molecule has 0 unspecified atom stereocenters. The van der Waals surface area contributed by atoms with Crippen molar-refractivity contribution >= 4 is 15.7 Å². The van der Waals surface area contributed by atoms with Gasteiger partial charge in [-0.15, -0.1) is 0 Å². The van der Waals surface area contributed by atoms with Crippen molar-refractivity contribution < 1.29 is 17.9 Å². The molecule has 9 heteroatoms. The fourth-order valence-corrected chi connectivity index (χ4v) is 5.27. The summed E-state index contributed by atoms with van der Waals surface area (Å²) in [6.07, 6.45) is 3.44. The lowest BCUT2D eigenvalue weighted by Crippen LogP contribution is -2.26. The van der Waals surface area contributed by atoms with Crippen molar-refractivity contribution in [1.82, 2.24) is 14.2 Å². The molecule has 1 aliphatic rings. The molecule has 4 aromatic rings. The van der Waals surface area contributed by atoms with E-state index in [1.54, 1.807) is 18.9 Å². The monoisotopic (exact) mass is 502 g/mol.